The van der Waals surface area contributed by atoms with Gasteiger partial charge in [0.15, 0.2) is 0 Å². The van der Waals surface area contributed by atoms with Crippen LogP contribution in [-0.4, -0.2) is 56.4 Å². The average molecular weight is 878 g/mol. The zero-order chi connectivity index (χ0) is 45.7. The van der Waals surface area contributed by atoms with Crippen LogP contribution in [-0.2, 0) is 25.6 Å². The van der Waals surface area contributed by atoms with Crippen LogP contribution in [0.15, 0.2) is 60.7 Å². The molecule has 0 radical (unpaired) electrons. The number of ether oxygens (including phenoxy) is 4. The van der Waals surface area contributed by atoms with Gasteiger partial charge in [-0.3, -0.25) is 14.5 Å². The molecule has 7 nitrogen and oxygen atoms in total. The SMILES string of the molecule is CCCCCC=CCC=CCCCCCCCC(=O)OCCCCOc1cc(CN(CC)CC)cc(OCCCCOC(=O)CCCCCCCC=CCC=CCCCCC)c1C. The van der Waals surface area contributed by atoms with E-state index in [0.29, 0.717) is 39.3 Å². The van der Waals surface area contributed by atoms with Gasteiger partial charge in [-0.15, -0.1) is 0 Å². The molecule has 1 aromatic rings. The number of unbranched alkanes of at least 4 members (excludes halogenated alkanes) is 18. The molecule has 0 unspecified atom stereocenters. The van der Waals surface area contributed by atoms with Gasteiger partial charge < -0.3 is 18.9 Å². The first-order valence-electron chi connectivity index (χ1n) is 26.0. The van der Waals surface area contributed by atoms with Crippen LogP contribution in [0.2, 0.25) is 0 Å². The van der Waals surface area contributed by atoms with Crippen LogP contribution < -0.4 is 9.47 Å². The second kappa shape index (κ2) is 43.9. The van der Waals surface area contributed by atoms with E-state index in [2.05, 4.69) is 100 Å². The maximum Gasteiger partial charge on any atom is 0.305 e. The molecule has 0 spiro atoms. The van der Waals surface area contributed by atoms with Crippen LogP contribution in [0, 0.1) is 6.92 Å². The summed E-state index contributed by atoms with van der Waals surface area (Å²) in [7, 11) is 0. The van der Waals surface area contributed by atoms with Gasteiger partial charge >= 0.3 is 11.9 Å². The lowest BCUT2D eigenvalue weighted by Crippen LogP contribution is -2.22. The van der Waals surface area contributed by atoms with Crippen molar-refractivity contribution in [2.24, 2.45) is 0 Å². The maximum absolute atomic E-state index is 12.3. The van der Waals surface area contributed by atoms with Gasteiger partial charge in [0, 0.05) is 24.9 Å². The molecule has 0 aromatic heterocycles. The Balaban J connectivity index is 2.24. The monoisotopic (exact) mass is 878 g/mol. The summed E-state index contributed by atoms with van der Waals surface area (Å²) in [5.41, 5.74) is 2.16. The second-order valence-electron chi connectivity index (χ2n) is 17.2. The average Bonchev–Trinajstić information content (AvgIpc) is 3.28. The van der Waals surface area contributed by atoms with E-state index in [1.165, 1.54) is 95.5 Å². The van der Waals surface area contributed by atoms with Crippen molar-refractivity contribution >= 4 is 11.9 Å². The zero-order valence-electron chi connectivity index (χ0n) is 41.4. The number of carbonyl (C=O) groups is 2. The fourth-order valence-electron chi connectivity index (χ4n) is 7.26. The standard InChI is InChI=1S/C56H95NO6/c1-6-10-12-14-16-18-20-22-24-26-28-30-32-34-36-42-55(58)62-46-40-38-44-60-53-48-52(50-57(8-3)9-4)49-54(51(53)5)61-45-39-41-47-63-56(59)43-37-35-33-31-29-27-25-23-21-19-17-15-13-11-7-2/h16-19,22-25,48-49H,6-15,20-21,26-47,50H2,1-5H3. The topological polar surface area (TPSA) is 74.3 Å². The molecule has 63 heavy (non-hydrogen) atoms. The zero-order valence-corrected chi connectivity index (χ0v) is 41.4. The third-order valence-electron chi connectivity index (χ3n) is 11.5. The molecule has 0 fully saturated rings. The van der Waals surface area contributed by atoms with Crippen molar-refractivity contribution in [3.63, 3.8) is 0 Å². The van der Waals surface area contributed by atoms with Gasteiger partial charge in [-0.1, -0.05) is 141 Å². The number of esters is 2. The van der Waals surface area contributed by atoms with Crippen LogP contribution in [0.25, 0.3) is 0 Å². The van der Waals surface area contributed by atoms with E-state index < -0.39 is 0 Å². The van der Waals surface area contributed by atoms with E-state index in [0.717, 1.165) is 114 Å². The minimum atomic E-state index is -0.0890. The van der Waals surface area contributed by atoms with Crippen LogP contribution in [0.3, 0.4) is 0 Å². The lowest BCUT2D eigenvalue weighted by atomic mass is 10.1. The Bertz CT molecular complexity index is 1250. The number of hydrogen-bond acceptors (Lipinski definition) is 7. The largest absolute Gasteiger partial charge is 0.493 e. The molecule has 0 bridgehead atoms. The predicted molar refractivity (Wildman–Crippen MR) is 268 cm³/mol. The number of hydrogen-bond donors (Lipinski definition) is 0. The molecule has 0 atom stereocenters. The quantitative estimate of drug-likeness (QED) is 0.0367. The van der Waals surface area contributed by atoms with Gasteiger partial charge in [0.1, 0.15) is 11.5 Å². The molecule has 1 aromatic carbocycles. The Morgan fingerprint density at radius 2 is 0.825 bits per heavy atom. The number of carbonyl (C=O) groups excluding carboxylic acids is 2. The first-order valence-corrected chi connectivity index (χ1v) is 26.0. The lowest BCUT2D eigenvalue weighted by molar-refractivity contribution is -0.144. The van der Waals surface area contributed by atoms with E-state index in [9.17, 15) is 9.59 Å². The Hall–Kier alpha value is -3.32. The molecule has 1 rings (SSSR count). The molecule has 0 heterocycles. The van der Waals surface area contributed by atoms with Crippen LogP contribution in [0.5, 0.6) is 11.5 Å². The number of rotatable bonds is 44. The summed E-state index contributed by atoms with van der Waals surface area (Å²) < 4.78 is 23.6. The van der Waals surface area contributed by atoms with Gasteiger partial charge in [0.2, 0.25) is 0 Å². The molecule has 0 aliphatic heterocycles. The van der Waals surface area contributed by atoms with Crippen molar-refractivity contribution < 1.29 is 28.5 Å². The van der Waals surface area contributed by atoms with Crippen molar-refractivity contribution in [3.05, 3.63) is 71.9 Å². The highest BCUT2D eigenvalue weighted by Gasteiger charge is 2.13. The highest BCUT2D eigenvalue weighted by molar-refractivity contribution is 5.69. The number of nitrogens with zero attached hydrogens (tertiary/aromatic N) is 1. The normalized spacial score (nSPS) is 11.9. The second-order valence-corrected chi connectivity index (χ2v) is 17.2. The molecule has 360 valence electrons. The van der Waals surface area contributed by atoms with Gasteiger partial charge in [-0.25, -0.2) is 0 Å². The van der Waals surface area contributed by atoms with Crippen LogP contribution in [0.1, 0.15) is 219 Å². The fourth-order valence-corrected chi connectivity index (χ4v) is 7.26. The summed E-state index contributed by atoms with van der Waals surface area (Å²) in [6.45, 7) is 15.7. The fraction of sp³-hybridized carbons (Fsp3) is 0.714. The predicted octanol–water partition coefficient (Wildman–Crippen LogP) is 15.9. The number of allylic oxidation sites excluding steroid dienone is 8. The lowest BCUT2D eigenvalue weighted by Gasteiger charge is -2.21. The van der Waals surface area contributed by atoms with Crippen LogP contribution >= 0.6 is 0 Å². The molecule has 0 amide bonds. The van der Waals surface area contributed by atoms with E-state index in [1.54, 1.807) is 0 Å². The van der Waals surface area contributed by atoms with Gasteiger partial charge in [0.05, 0.1) is 26.4 Å². The van der Waals surface area contributed by atoms with Gasteiger partial charge in [0.25, 0.3) is 0 Å². The van der Waals surface area contributed by atoms with E-state index in [4.69, 9.17) is 18.9 Å². The summed E-state index contributed by atoms with van der Waals surface area (Å²) in [6, 6.07) is 4.28. The molecular weight excluding hydrogens is 783 g/mol. The van der Waals surface area contributed by atoms with Gasteiger partial charge in [-0.2, -0.15) is 0 Å². The molecule has 0 aliphatic carbocycles. The number of benzene rings is 1. The van der Waals surface area contributed by atoms with Crippen molar-refractivity contribution in [1.82, 2.24) is 4.90 Å². The van der Waals surface area contributed by atoms with Crippen molar-refractivity contribution in [3.8, 4) is 11.5 Å². The Morgan fingerprint density at radius 1 is 0.460 bits per heavy atom. The summed E-state index contributed by atoms with van der Waals surface area (Å²) in [5, 5.41) is 0. The Morgan fingerprint density at radius 3 is 1.22 bits per heavy atom. The smallest absolute Gasteiger partial charge is 0.305 e. The third-order valence-corrected chi connectivity index (χ3v) is 11.5. The van der Waals surface area contributed by atoms with E-state index in [-0.39, 0.29) is 11.9 Å². The summed E-state index contributed by atoms with van der Waals surface area (Å²) >= 11 is 0. The molecular formula is C56H95NO6. The van der Waals surface area contributed by atoms with Crippen molar-refractivity contribution in [2.45, 2.75) is 221 Å². The Labute approximate surface area is 387 Å². The molecule has 0 aliphatic rings. The summed E-state index contributed by atoms with van der Waals surface area (Å²) in [6.07, 6.45) is 48.3. The first kappa shape index (κ1) is 57.7. The van der Waals surface area contributed by atoms with Crippen molar-refractivity contribution in [2.75, 3.05) is 39.5 Å². The Kier molecular flexibility index (Phi) is 40.2. The van der Waals surface area contributed by atoms with E-state index >= 15 is 0 Å². The van der Waals surface area contributed by atoms with Crippen LogP contribution in [0.4, 0.5) is 0 Å². The first-order chi connectivity index (χ1) is 30.9. The summed E-state index contributed by atoms with van der Waals surface area (Å²) in [5.74, 6) is 1.51. The third kappa shape index (κ3) is 35.7. The van der Waals surface area contributed by atoms with Crippen molar-refractivity contribution in [1.29, 1.82) is 0 Å². The highest BCUT2D eigenvalue weighted by Crippen LogP contribution is 2.31. The molecule has 0 N–H and O–H groups in total. The molecule has 0 saturated carbocycles. The molecule has 7 heteroatoms. The van der Waals surface area contributed by atoms with Gasteiger partial charge in [-0.05, 0) is 140 Å². The molecule has 0 saturated heterocycles. The summed E-state index contributed by atoms with van der Waals surface area (Å²) in [4.78, 5) is 26.9. The minimum Gasteiger partial charge on any atom is -0.493 e. The minimum absolute atomic E-state index is 0.0890. The maximum atomic E-state index is 12.3. The highest BCUT2D eigenvalue weighted by atomic mass is 16.5. The van der Waals surface area contributed by atoms with E-state index in [1.807, 2.05) is 0 Å².